The molecular weight excluding hydrogens is 320 g/mol. The van der Waals surface area contributed by atoms with Gasteiger partial charge in [0.25, 0.3) is 0 Å². The minimum atomic E-state index is -0.244. The summed E-state index contributed by atoms with van der Waals surface area (Å²) in [5.74, 6) is -0.195. The van der Waals surface area contributed by atoms with Crippen molar-refractivity contribution in [2.24, 2.45) is 5.92 Å². The van der Waals surface area contributed by atoms with Crippen LogP contribution in [0.15, 0.2) is 47.8 Å². The lowest BCUT2D eigenvalue weighted by Gasteiger charge is -2.18. The summed E-state index contributed by atoms with van der Waals surface area (Å²) in [4.78, 5) is 27.7. The van der Waals surface area contributed by atoms with Crippen LogP contribution >= 0.6 is 11.3 Å². The van der Waals surface area contributed by atoms with Crippen molar-refractivity contribution < 1.29 is 9.59 Å². The molecule has 2 unspecified atom stereocenters. The van der Waals surface area contributed by atoms with Crippen LogP contribution in [0.2, 0.25) is 0 Å². The Hall–Kier alpha value is -2.14. The standard InChI is InChI=1S/C19H22N2O2S/c1-14(10-17-8-5-9-24-17)20-19(23)16-11-18(22)21(13-16)12-15-6-3-2-4-7-15/h2-9,14,16H,10-13H2,1H3,(H,20,23). The van der Waals surface area contributed by atoms with Crippen LogP contribution in [0, 0.1) is 5.92 Å². The molecule has 0 saturated carbocycles. The third kappa shape index (κ3) is 4.23. The lowest BCUT2D eigenvalue weighted by molar-refractivity contribution is -0.129. The number of amides is 2. The van der Waals surface area contributed by atoms with Crippen LogP contribution in [0.5, 0.6) is 0 Å². The molecule has 4 nitrogen and oxygen atoms in total. The fourth-order valence-electron chi connectivity index (χ4n) is 3.05. The maximum Gasteiger partial charge on any atom is 0.225 e. The first-order chi connectivity index (χ1) is 11.6. The Labute approximate surface area is 146 Å². The van der Waals surface area contributed by atoms with E-state index in [4.69, 9.17) is 0 Å². The van der Waals surface area contributed by atoms with Gasteiger partial charge in [-0.25, -0.2) is 0 Å². The van der Waals surface area contributed by atoms with Crippen molar-refractivity contribution in [2.75, 3.05) is 6.54 Å². The molecule has 24 heavy (non-hydrogen) atoms. The van der Waals surface area contributed by atoms with E-state index in [-0.39, 0.29) is 23.8 Å². The predicted octanol–water partition coefficient (Wildman–Crippen LogP) is 2.84. The molecule has 2 heterocycles. The van der Waals surface area contributed by atoms with E-state index in [2.05, 4.69) is 11.4 Å². The number of carbonyl (C=O) groups excluding carboxylic acids is 2. The van der Waals surface area contributed by atoms with Crippen molar-refractivity contribution in [3.8, 4) is 0 Å². The van der Waals surface area contributed by atoms with Gasteiger partial charge in [-0.2, -0.15) is 0 Å². The van der Waals surface area contributed by atoms with E-state index in [9.17, 15) is 9.59 Å². The van der Waals surface area contributed by atoms with Gasteiger partial charge in [0.1, 0.15) is 0 Å². The van der Waals surface area contributed by atoms with Gasteiger partial charge in [-0.1, -0.05) is 36.4 Å². The Balaban J connectivity index is 1.52. The van der Waals surface area contributed by atoms with Gasteiger partial charge >= 0.3 is 0 Å². The first-order valence-electron chi connectivity index (χ1n) is 8.26. The summed E-state index contributed by atoms with van der Waals surface area (Å²) in [5, 5.41) is 5.10. The smallest absolute Gasteiger partial charge is 0.225 e. The third-order valence-corrected chi connectivity index (χ3v) is 5.18. The molecule has 126 valence electrons. The van der Waals surface area contributed by atoms with Crippen molar-refractivity contribution >= 4 is 23.2 Å². The summed E-state index contributed by atoms with van der Waals surface area (Å²) < 4.78 is 0. The minimum absolute atomic E-state index is 0.0111. The van der Waals surface area contributed by atoms with Crippen molar-refractivity contribution in [3.05, 3.63) is 58.3 Å². The van der Waals surface area contributed by atoms with Gasteiger partial charge in [0.2, 0.25) is 11.8 Å². The van der Waals surface area contributed by atoms with Gasteiger partial charge in [0.05, 0.1) is 5.92 Å². The molecule has 0 spiro atoms. The quantitative estimate of drug-likeness (QED) is 0.877. The molecule has 1 aliphatic rings. The van der Waals surface area contributed by atoms with Crippen molar-refractivity contribution in [2.45, 2.75) is 32.4 Å². The zero-order valence-corrected chi connectivity index (χ0v) is 14.6. The molecular formula is C19H22N2O2S. The summed E-state index contributed by atoms with van der Waals surface area (Å²) in [6.45, 7) is 3.09. The normalized spacial score (nSPS) is 18.6. The summed E-state index contributed by atoms with van der Waals surface area (Å²) in [6.07, 6.45) is 1.14. The Morgan fingerprint density at radius 3 is 2.79 bits per heavy atom. The fourth-order valence-corrected chi connectivity index (χ4v) is 3.88. The van der Waals surface area contributed by atoms with Crippen LogP contribution < -0.4 is 5.32 Å². The zero-order valence-electron chi connectivity index (χ0n) is 13.8. The van der Waals surface area contributed by atoms with Crippen molar-refractivity contribution in [1.29, 1.82) is 0 Å². The van der Waals surface area contributed by atoms with Gasteiger partial charge < -0.3 is 10.2 Å². The maximum absolute atomic E-state index is 12.4. The van der Waals surface area contributed by atoms with E-state index in [1.807, 2.05) is 48.7 Å². The second kappa shape index (κ2) is 7.62. The Morgan fingerprint density at radius 2 is 2.08 bits per heavy atom. The highest BCUT2D eigenvalue weighted by molar-refractivity contribution is 7.09. The molecule has 1 fully saturated rings. The van der Waals surface area contributed by atoms with Crippen molar-refractivity contribution in [1.82, 2.24) is 10.2 Å². The number of benzene rings is 1. The SMILES string of the molecule is CC(Cc1cccs1)NC(=O)C1CC(=O)N(Cc2ccccc2)C1. The highest BCUT2D eigenvalue weighted by Crippen LogP contribution is 2.21. The highest BCUT2D eigenvalue weighted by atomic mass is 32.1. The summed E-state index contributed by atoms with van der Waals surface area (Å²) in [5.41, 5.74) is 1.10. The number of hydrogen-bond donors (Lipinski definition) is 1. The van der Waals surface area contributed by atoms with Crippen LogP contribution in [0.3, 0.4) is 0 Å². The first kappa shape index (κ1) is 16.7. The molecule has 2 atom stereocenters. The van der Waals surface area contributed by atoms with Gasteiger partial charge in [-0.3, -0.25) is 9.59 Å². The van der Waals surface area contributed by atoms with Crippen LogP contribution in [-0.2, 0) is 22.6 Å². The highest BCUT2D eigenvalue weighted by Gasteiger charge is 2.34. The van der Waals surface area contributed by atoms with Crippen LogP contribution in [0.4, 0.5) is 0 Å². The summed E-state index contributed by atoms with van der Waals surface area (Å²) in [7, 11) is 0. The summed E-state index contributed by atoms with van der Waals surface area (Å²) >= 11 is 1.70. The van der Waals surface area contributed by atoms with Gasteiger partial charge in [0, 0.05) is 36.9 Å². The molecule has 0 aliphatic carbocycles. The number of nitrogens with zero attached hydrogens (tertiary/aromatic N) is 1. The Morgan fingerprint density at radius 1 is 1.29 bits per heavy atom. The largest absolute Gasteiger partial charge is 0.353 e. The molecule has 2 amide bonds. The van der Waals surface area contributed by atoms with E-state index in [1.54, 1.807) is 16.2 Å². The monoisotopic (exact) mass is 342 g/mol. The maximum atomic E-state index is 12.4. The topological polar surface area (TPSA) is 49.4 Å². The Bertz CT molecular complexity index is 685. The molecule has 1 saturated heterocycles. The number of nitrogens with one attached hydrogen (secondary N) is 1. The second-order valence-electron chi connectivity index (χ2n) is 6.35. The average molecular weight is 342 g/mol. The van der Waals surface area contributed by atoms with E-state index in [0.29, 0.717) is 19.5 Å². The molecule has 1 N–H and O–H groups in total. The summed E-state index contributed by atoms with van der Waals surface area (Å²) in [6, 6.07) is 14.1. The molecule has 3 rings (SSSR count). The van der Waals surface area contributed by atoms with E-state index < -0.39 is 0 Å². The molecule has 2 aromatic rings. The minimum Gasteiger partial charge on any atom is -0.353 e. The van der Waals surface area contributed by atoms with E-state index in [0.717, 1.165) is 12.0 Å². The van der Waals surface area contributed by atoms with Crippen LogP contribution in [0.1, 0.15) is 23.8 Å². The second-order valence-corrected chi connectivity index (χ2v) is 7.39. The molecule has 0 bridgehead atoms. The van der Waals surface area contributed by atoms with Gasteiger partial charge in [-0.15, -0.1) is 11.3 Å². The lowest BCUT2D eigenvalue weighted by atomic mass is 10.1. The van der Waals surface area contributed by atoms with Crippen molar-refractivity contribution in [3.63, 3.8) is 0 Å². The van der Waals surface area contributed by atoms with E-state index in [1.165, 1.54) is 4.88 Å². The lowest BCUT2D eigenvalue weighted by Crippen LogP contribution is -2.39. The van der Waals surface area contributed by atoms with E-state index >= 15 is 0 Å². The predicted molar refractivity (Wildman–Crippen MR) is 95.6 cm³/mol. The number of thiophene rings is 1. The molecule has 1 aromatic heterocycles. The number of hydrogen-bond acceptors (Lipinski definition) is 3. The Kier molecular flexibility index (Phi) is 5.30. The third-order valence-electron chi connectivity index (χ3n) is 4.28. The molecule has 1 aromatic carbocycles. The van der Waals surface area contributed by atoms with Crippen LogP contribution in [0.25, 0.3) is 0 Å². The number of rotatable bonds is 6. The fraction of sp³-hybridized carbons (Fsp3) is 0.368. The number of likely N-dealkylation sites (tertiary alicyclic amines) is 1. The van der Waals surface area contributed by atoms with Gasteiger partial charge in [-0.05, 0) is 23.9 Å². The molecule has 0 radical (unpaired) electrons. The zero-order chi connectivity index (χ0) is 16.9. The molecule has 1 aliphatic heterocycles. The number of carbonyl (C=O) groups is 2. The average Bonchev–Trinajstić information content (AvgIpc) is 3.19. The first-order valence-corrected chi connectivity index (χ1v) is 9.14. The van der Waals surface area contributed by atoms with Crippen LogP contribution in [-0.4, -0.2) is 29.3 Å². The van der Waals surface area contributed by atoms with Gasteiger partial charge in [0.15, 0.2) is 0 Å². The molecule has 5 heteroatoms.